The molecule has 0 aliphatic heterocycles. The van der Waals surface area contributed by atoms with E-state index in [4.69, 9.17) is 9.57 Å². The lowest BCUT2D eigenvalue weighted by molar-refractivity contribution is 0.126. The maximum Gasteiger partial charge on any atom is 0.192 e. The molecule has 0 saturated carbocycles. The van der Waals surface area contributed by atoms with Crippen molar-refractivity contribution < 1.29 is 14.7 Å². The van der Waals surface area contributed by atoms with E-state index in [0.29, 0.717) is 18.0 Å². The Morgan fingerprint density at radius 1 is 1.17 bits per heavy atom. The molecule has 0 fully saturated rings. The molecule has 0 aliphatic carbocycles. The van der Waals surface area contributed by atoms with Crippen LogP contribution in [-0.2, 0) is 18.0 Å². The molecule has 1 N–H and O–H groups in total. The normalized spacial score (nSPS) is 11.7. The molecular formula is C20H22N6O3. The van der Waals surface area contributed by atoms with E-state index in [0.717, 1.165) is 33.6 Å². The van der Waals surface area contributed by atoms with Crippen LogP contribution in [0.25, 0.3) is 16.7 Å². The molecule has 0 aliphatic rings. The topological polar surface area (TPSA) is 99.1 Å². The molecule has 1 aromatic carbocycles. The number of aromatic nitrogens is 5. The molecule has 0 atom stereocenters. The van der Waals surface area contributed by atoms with E-state index in [9.17, 15) is 5.11 Å². The van der Waals surface area contributed by atoms with Crippen molar-refractivity contribution in [3.8, 4) is 5.75 Å². The van der Waals surface area contributed by atoms with Crippen LogP contribution in [0, 0.1) is 13.8 Å². The van der Waals surface area contributed by atoms with Gasteiger partial charge in [0.25, 0.3) is 0 Å². The predicted molar refractivity (Wildman–Crippen MR) is 108 cm³/mol. The fraction of sp³-hybridized carbons (Fsp3) is 0.300. The summed E-state index contributed by atoms with van der Waals surface area (Å²) in [5, 5.41) is 18.7. The number of hydrogen-bond donors (Lipinski definition) is 1. The molecule has 3 heterocycles. The Morgan fingerprint density at radius 3 is 2.69 bits per heavy atom. The van der Waals surface area contributed by atoms with Gasteiger partial charge in [-0.1, -0.05) is 5.16 Å². The van der Waals surface area contributed by atoms with E-state index in [2.05, 4.69) is 20.2 Å². The van der Waals surface area contributed by atoms with Gasteiger partial charge in [-0.25, -0.2) is 14.5 Å². The lowest BCUT2D eigenvalue weighted by Gasteiger charge is -2.04. The highest BCUT2D eigenvalue weighted by atomic mass is 16.6. The van der Waals surface area contributed by atoms with E-state index in [1.165, 1.54) is 0 Å². The summed E-state index contributed by atoms with van der Waals surface area (Å²) in [5.41, 5.74) is 4.53. The maximum atomic E-state index is 9.34. The molecule has 0 radical (unpaired) electrons. The van der Waals surface area contributed by atoms with Gasteiger partial charge in [-0.2, -0.15) is 0 Å². The van der Waals surface area contributed by atoms with Gasteiger partial charge in [0, 0.05) is 12.2 Å². The van der Waals surface area contributed by atoms with Crippen molar-refractivity contribution >= 4 is 22.9 Å². The summed E-state index contributed by atoms with van der Waals surface area (Å²) in [4.78, 5) is 14.5. The van der Waals surface area contributed by atoms with Gasteiger partial charge in [0.05, 0.1) is 25.3 Å². The van der Waals surface area contributed by atoms with E-state index in [1.807, 2.05) is 42.7 Å². The number of aryl methyl sites for hydroxylation is 1. The summed E-state index contributed by atoms with van der Waals surface area (Å²) in [6.45, 7) is 4.72. The number of hydrogen-bond acceptors (Lipinski definition) is 7. The van der Waals surface area contributed by atoms with Crippen LogP contribution in [0.1, 0.15) is 22.6 Å². The number of methoxy groups -OCH3 is 1. The first-order valence-electron chi connectivity index (χ1n) is 9.22. The minimum atomic E-state index is 0.0505. The average Bonchev–Trinajstić information content (AvgIpc) is 3.26. The third-order valence-corrected chi connectivity index (χ3v) is 4.90. The third-order valence-electron chi connectivity index (χ3n) is 4.90. The quantitative estimate of drug-likeness (QED) is 0.381. The summed E-state index contributed by atoms with van der Waals surface area (Å²) in [5.74, 6) is 1.30. The highest BCUT2D eigenvalue weighted by Crippen LogP contribution is 2.26. The molecular weight excluding hydrogens is 372 g/mol. The van der Waals surface area contributed by atoms with Crippen molar-refractivity contribution in [2.75, 3.05) is 13.7 Å². The number of benzene rings is 1. The number of aliphatic hydroxyl groups is 1. The summed E-state index contributed by atoms with van der Waals surface area (Å²) in [6.07, 6.45) is 3.25. The van der Waals surface area contributed by atoms with Gasteiger partial charge in [0.1, 0.15) is 17.7 Å². The molecule has 4 rings (SSSR count). The van der Waals surface area contributed by atoms with Crippen molar-refractivity contribution in [2.24, 2.45) is 5.16 Å². The van der Waals surface area contributed by atoms with Crippen molar-refractivity contribution in [3.63, 3.8) is 0 Å². The van der Waals surface area contributed by atoms with Gasteiger partial charge >= 0.3 is 0 Å². The summed E-state index contributed by atoms with van der Waals surface area (Å²) in [6, 6.07) is 7.49. The van der Waals surface area contributed by atoms with Crippen LogP contribution in [-0.4, -0.2) is 49.2 Å². The first-order valence-corrected chi connectivity index (χ1v) is 9.22. The monoisotopic (exact) mass is 394 g/mol. The van der Waals surface area contributed by atoms with Gasteiger partial charge in [-0.05, 0) is 49.2 Å². The number of aliphatic hydroxyl groups excluding tert-OH is 1. The second-order valence-electron chi connectivity index (χ2n) is 6.61. The summed E-state index contributed by atoms with van der Waals surface area (Å²) >= 11 is 0. The average molecular weight is 394 g/mol. The van der Waals surface area contributed by atoms with Gasteiger partial charge in [0.2, 0.25) is 0 Å². The van der Waals surface area contributed by atoms with E-state index in [1.54, 1.807) is 24.2 Å². The van der Waals surface area contributed by atoms with Crippen LogP contribution in [0.3, 0.4) is 0 Å². The fourth-order valence-electron chi connectivity index (χ4n) is 3.29. The molecule has 0 bridgehead atoms. The Bertz CT molecular complexity index is 1180. The maximum absolute atomic E-state index is 9.34. The Morgan fingerprint density at radius 2 is 1.97 bits per heavy atom. The Balaban J connectivity index is 1.55. The minimum absolute atomic E-state index is 0.0505. The number of rotatable bonds is 7. The molecule has 9 heteroatoms. The second kappa shape index (κ2) is 7.88. The molecule has 0 spiro atoms. The van der Waals surface area contributed by atoms with Crippen molar-refractivity contribution in [2.45, 2.75) is 27.0 Å². The first-order chi connectivity index (χ1) is 14.1. The molecule has 9 nitrogen and oxygen atoms in total. The van der Waals surface area contributed by atoms with Crippen LogP contribution < -0.4 is 4.74 Å². The van der Waals surface area contributed by atoms with E-state index < -0.39 is 0 Å². The lowest BCUT2D eigenvalue weighted by Crippen LogP contribution is -2.05. The Labute approximate surface area is 167 Å². The number of ether oxygens (including phenoxy) is 1. The Kier molecular flexibility index (Phi) is 5.13. The van der Waals surface area contributed by atoms with Crippen LogP contribution in [0.15, 0.2) is 35.7 Å². The molecule has 0 amide bonds. The molecule has 3 aromatic heterocycles. The predicted octanol–water partition coefficient (Wildman–Crippen LogP) is 2.25. The third kappa shape index (κ3) is 3.52. The van der Waals surface area contributed by atoms with Crippen molar-refractivity contribution in [3.05, 3.63) is 53.2 Å². The zero-order chi connectivity index (χ0) is 20.4. The largest absolute Gasteiger partial charge is 0.497 e. The molecule has 0 unspecified atom stereocenters. The van der Waals surface area contributed by atoms with Crippen LogP contribution in [0.5, 0.6) is 5.75 Å². The summed E-state index contributed by atoms with van der Waals surface area (Å²) < 4.78 is 8.77. The standard InChI is InChI=1S/C20H22N6O3/c1-13-14(2)25(8-9-27)19-18(13)20-23-17(24-26(20)12-21-19)11-29-22-10-15-4-6-16(28-3)7-5-15/h4-7,10,12,27H,8-9,11H2,1-3H3/b22-10-. The second-order valence-corrected chi connectivity index (χ2v) is 6.61. The van der Waals surface area contributed by atoms with Gasteiger partial charge in [-0.15, -0.1) is 5.10 Å². The van der Waals surface area contributed by atoms with Crippen LogP contribution in [0.2, 0.25) is 0 Å². The zero-order valence-corrected chi connectivity index (χ0v) is 16.5. The molecule has 4 aromatic rings. The van der Waals surface area contributed by atoms with Gasteiger partial charge in [-0.3, -0.25) is 0 Å². The highest BCUT2D eigenvalue weighted by Gasteiger charge is 2.17. The lowest BCUT2D eigenvalue weighted by atomic mass is 10.2. The smallest absolute Gasteiger partial charge is 0.192 e. The summed E-state index contributed by atoms with van der Waals surface area (Å²) in [7, 11) is 1.63. The number of fused-ring (bicyclic) bond motifs is 3. The minimum Gasteiger partial charge on any atom is -0.497 e. The van der Waals surface area contributed by atoms with Gasteiger partial charge < -0.3 is 19.2 Å². The Hall–Kier alpha value is -3.46. The SMILES string of the molecule is COc1ccc(/C=N\OCc2nc3c4c(C)c(C)n(CCO)c4ncn3n2)cc1. The molecule has 29 heavy (non-hydrogen) atoms. The molecule has 150 valence electrons. The van der Waals surface area contributed by atoms with E-state index in [-0.39, 0.29) is 13.2 Å². The number of oxime groups is 1. The van der Waals surface area contributed by atoms with Crippen LogP contribution >= 0.6 is 0 Å². The number of nitrogens with zero attached hydrogens (tertiary/aromatic N) is 6. The fourth-order valence-corrected chi connectivity index (χ4v) is 3.29. The zero-order valence-electron chi connectivity index (χ0n) is 16.5. The van der Waals surface area contributed by atoms with Crippen molar-refractivity contribution in [1.29, 1.82) is 0 Å². The first kappa shape index (κ1) is 18.9. The van der Waals surface area contributed by atoms with Gasteiger partial charge in [0.15, 0.2) is 18.1 Å². The highest BCUT2D eigenvalue weighted by molar-refractivity contribution is 5.93. The van der Waals surface area contributed by atoms with E-state index >= 15 is 0 Å². The van der Waals surface area contributed by atoms with Crippen LogP contribution in [0.4, 0.5) is 0 Å². The van der Waals surface area contributed by atoms with Crippen molar-refractivity contribution in [1.82, 2.24) is 24.1 Å². The molecule has 0 saturated heterocycles.